The molecule has 0 atom stereocenters. The van der Waals surface area contributed by atoms with E-state index >= 15 is 0 Å². The van der Waals surface area contributed by atoms with E-state index in [0.717, 1.165) is 11.3 Å². The Kier molecular flexibility index (Phi) is 3.01. The SMILES string of the molecule is C=Cc1c(C=C)n(/C(C)=C/C)c2ccccc12. The van der Waals surface area contributed by atoms with Crippen molar-refractivity contribution in [2.24, 2.45) is 0 Å². The highest BCUT2D eigenvalue weighted by atomic mass is 15.0. The molecule has 0 aliphatic heterocycles. The Morgan fingerprint density at radius 2 is 1.88 bits per heavy atom. The van der Waals surface area contributed by atoms with Gasteiger partial charge in [0, 0.05) is 16.6 Å². The smallest absolute Gasteiger partial charge is 0.0537 e. The fourth-order valence-corrected chi connectivity index (χ4v) is 2.21. The van der Waals surface area contributed by atoms with Gasteiger partial charge in [-0.05, 0) is 26.0 Å². The molecule has 0 saturated carbocycles. The van der Waals surface area contributed by atoms with Gasteiger partial charge in [-0.2, -0.15) is 0 Å². The summed E-state index contributed by atoms with van der Waals surface area (Å²) in [6.07, 6.45) is 5.90. The van der Waals surface area contributed by atoms with Crippen LogP contribution in [0.2, 0.25) is 0 Å². The van der Waals surface area contributed by atoms with Crippen molar-refractivity contribution in [3.05, 3.63) is 54.8 Å². The maximum absolute atomic E-state index is 3.92. The van der Waals surface area contributed by atoms with Gasteiger partial charge in [-0.15, -0.1) is 0 Å². The normalized spacial score (nSPS) is 11.8. The molecule has 0 N–H and O–H groups in total. The standard InChI is InChI=1S/C16H17N/c1-5-12(4)17-15(7-3)13(6-2)14-10-8-9-11-16(14)17/h5-11H,2-3H2,1,4H3/b12-5+. The van der Waals surface area contributed by atoms with Gasteiger partial charge in [-0.25, -0.2) is 0 Å². The Bertz CT molecular complexity index is 612. The molecule has 0 fully saturated rings. The van der Waals surface area contributed by atoms with Crippen molar-refractivity contribution < 1.29 is 0 Å². The van der Waals surface area contributed by atoms with Crippen molar-refractivity contribution in [2.45, 2.75) is 13.8 Å². The van der Waals surface area contributed by atoms with Crippen LogP contribution in [0.5, 0.6) is 0 Å². The van der Waals surface area contributed by atoms with Crippen molar-refractivity contribution in [1.29, 1.82) is 0 Å². The Balaban J connectivity index is 2.98. The van der Waals surface area contributed by atoms with Crippen LogP contribution in [-0.4, -0.2) is 4.57 Å². The monoisotopic (exact) mass is 223 g/mol. The lowest BCUT2D eigenvalue weighted by Crippen LogP contribution is -1.95. The molecule has 1 heterocycles. The molecule has 0 unspecified atom stereocenters. The Labute approximate surface area is 102 Å². The lowest BCUT2D eigenvalue weighted by molar-refractivity contribution is 1.12. The van der Waals surface area contributed by atoms with Gasteiger partial charge in [-0.3, -0.25) is 0 Å². The van der Waals surface area contributed by atoms with Crippen LogP contribution < -0.4 is 0 Å². The van der Waals surface area contributed by atoms with Crippen molar-refractivity contribution in [3.8, 4) is 0 Å². The first-order valence-corrected chi connectivity index (χ1v) is 5.76. The first-order valence-electron chi connectivity index (χ1n) is 5.76. The summed E-state index contributed by atoms with van der Waals surface area (Å²) in [5.74, 6) is 0. The predicted octanol–water partition coefficient (Wildman–Crippen LogP) is 4.81. The van der Waals surface area contributed by atoms with Gasteiger partial charge in [-0.1, -0.05) is 43.5 Å². The highest BCUT2D eigenvalue weighted by Gasteiger charge is 2.12. The molecular weight excluding hydrogens is 206 g/mol. The maximum Gasteiger partial charge on any atom is 0.0537 e. The zero-order chi connectivity index (χ0) is 12.4. The number of fused-ring (bicyclic) bond motifs is 1. The summed E-state index contributed by atoms with van der Waals surface area (Å²) in [6.45, 7) is 12.0. The number of benzene rings is 1. The van der Waals surface area contributed by atoms with E-state index in [4.69, 9.17) is 0 Å². The van der Waals surface area contributed by atoms with Gasteiger partial charge >= 0.3 is 0 Å². The van der Waals surface area contributed by atoms with Crippen LogP contribution in [0.15, 0.2) is 43.5 Å². The summed E-state index contributed by atoms with van der Waals surface area (Å²) in [6, 6.07) is 8.36. The van der Waals surface area contributed by atoms with Crippen molar-refractivity contribution in [1.82, 2.24) is 4.57 Å². The van der Waals surface area contributed by atoms with Gasteiger partial charge in [0.2, 0.25) is 0 Å². The van der Waals surface area contributed by atoms with Gasteiger partial charge in [0.05, 0.1) is 11.2 Å². The van der Waals surface area contributed by atoms with Crippen LogP contribution in [0.25, 0.3) is 28.8 Å². The molecule has 0 spiro atoms. The number of hydrogen-bond acceptors (Lipinski definition) is 0. The van der Waals surface area contributed by atoms with E-state index in [1.807, 2.05) is 19.1 Å². The van der Waals surface area contributed by atoms with Crippen molar-refractivity contribution >= 4 is 28.8 Å². The van der Waals surface area contributed by atoms with E-state index in [1.165, 1.54) is 16.6 Å². The van der Waals surface area contributed by atoms with Crippen LogP contribution in [-0.2, 0) is 0 Å². The topological polar surface area (TPSA) is 4.93 Å². The first kappa shape index (κ1) is 11.5. The Morgan fingerprint density at radius 1 is 1.18 bits per heavy atom. The molecule has 86 valence electrons. The summed E-state index contributed by atoms with van der Waals surface area (Å²) in [5.41, 5.74) is 4.66. The predicted molar refractivity (Wildman–Crippen MR) is 77.7 cm³/mol. The van der Waals surface area contributed by atoms with Gasteiger partial charge < -0.3 is 4.57 Å². The molecule has 0 saturated heterocycles. The third-order valence-corrected chi connectivity index (χ3v) is 3.12. The molecule has 1 aromatic heterocycles. The molecular formula is C16H17N. The molecule has 1 aromatic carbocycles. The second-order valence-corrected chi connectivity index (χ2v) is 3.99. The maximum atomic E-state index is 3.92. The molecule has 0 amide bonds. The third kappa shape index (κ3) is 1.64. The molecule has 17 heavy (non-hydrogen) atoms. The second-order valence-electron chi connectivity index (χ2n) is 3.99. The van der Waals surface area contributed by atoms with Crippen molar-refractivity contribution in [3.63, 3.8) is 0 Å². The zero-order valence-electron chi connectivity index (χ0n) is 10.4. The highest BCUT2D eigenvalue weighted by Crippen LogP contribution is 2.30. The molecule has 0 bridgehead atoms. The van der Waals surface area contributed by atoms with Crippen LogP contribution >= 0.6 is 0 Å². The molecule has 2 rings (SSSR count). The summed E-state index contributed by atoms with van der Waals surface area (Å²) < 4.78 is 2.22. The number of aromatic nitrogens is 1. The Morgan fingerprint density at radius 3 is 2.47 bits per heavy atom. The molecule has 0 radical (unpaired) electrons. The fourth-order valence-electron chi connectivity index (χ4n) is 2.21. The number of hydrogen-bond donors (Lipinski definition) is 0. The number of para-hydroxylation sites is 1. The van der Waals surface area contributed by atoms with Gasteiger partial charge in [0.15, 0.2) is 0 Å². The van der Waals surface area contributed by atoms with E-state index in [-0.39, 0.29) is 0 Å². The van der Waals surface area contributed by atoms with E-state index < -0.39 is 0 Å². The second kappa shape index (κ2) is 4.46. The number of rotatable bonds is 3. The number of allylic oxidation sites excluding steroid dienone is 2. The lowest BCUT2D eigenvalue weighted by atomic mass is 10.1. The molecule has 0 aliphatic carbocycles. The molecule has 1 heteroatoms. The summed E-state index contributed by atoms with van der Waals surface area (Å²) in [4.78, 5) is 0. The van der Waals surface area contributed by atoms with E-state index in [1.54, 1.807) is 0 Å². The minimum absolute atomic E-state index is 1.11. The summed E-state index contributed by atoms with van der Waals surface area (Å²) in [5, 5.41) is 1.22. The molecule has 1 nitrogen and oxygen atoms in total. The number of nitrogens with zero attached hydrogens (tertiary/aromatic N) is 1. The minimum atomic E-state index is 1.11. The van der Waals surface area contributed by atoms with E-state index in [2.05, 4.69) is 55.0 Å². The minimum Gasteiger partial charge on any atom is -0.314 e. The summed E-state index contributed by atoms with van der Waals surface area (Å²) in [7, 11) is 0. The van der Waals surface area contributed by atoms with Gasteiger partial charge in [0.1, 0.15) is 0 Å². The Hall–Kier alpha value is -2.02. The largest absolute Gasteiger partial charge is 0.314 e. The van der Waals surface area contributed by atoms with Crippen LogP contribution in [0.4, 0.5) is 0 Å². The lowest BCUT2D eigenvalue weighted by Gasteiger charge is -2.08. The zero-order valence-corrected chi connectivity index (χ0v) is 10.4. The van der Waals surface area contributed by atoms with Gasteiger partial charge in [0.25, 0.3) is 0 Å². The first-order chi connectivity index (χ1) is 8.24. The average molecular weight is 223 g/mol. The van der Waals surface area contributed by atoms with Crippen LogP contribution in [0.1, 0.15) is 25.1 Å². The average Bonchev–Trinajstić information content (AvgIpc) is 2.71. The van der Waals surface area contributed by atoms with E-state index in [0.29, 0.717) is 0 Å². The molecule has 2 aromatic rings. The summed E-state index contributed by atoms with van der Waals surface area (Å²) >= 11 is 0. The van der Waals surface area contributed by atoms with Crippen LogP contribution in [0, 0.1) is 0 Å². The molecule has 0 aliphatic rings. The van der Waals surface area contributed by atoms with Crippen molar-refractivity contribution in [2.75, 3.05) is 0 Å². The third-order valence-electron chi connectivity index (χ3n) is 3.12. The van der Waals surface area contributed by atoms with Crippen LogP contribution in [0.3, 0.4) is 0 Å². The highest BCUT2D eigenvalue weighted by molar-refractivity contribution is 5.95. The quantitative estimate of drug-likeness (QED) is 0.703. The van der Waals surface area contributed by atoms with E-state index in [9.17, 15) is 0 Å². The fraction of sp³-hybridized carbons (Fsp3) is 0.125.